The van der Waals surface area contributed by atoms with Crippen molar-refractivity contribution in [2.24, 2.45) is 0 Å². The van der Waals surface area contributed by atoms with E-state index in [1.165, 1.54) is 23.1 Å². The Bertz CT molecular complexity index is 1250. The number of hydrogen-bond donors (Lipinski definition) is 2. The summed E-state index contributed by atoms with van der Waals surface area (Å²) in [5.41, 5.74) is 1.08. The predicted molar refractivity (Wildman–Crippen MR) is 117 cm³/mol. The summed E-state index contributed by atoms with van der Waals surface area (Å²) in [5, 5.41) is 12.5. The molecule has 0 aliphatic carbocycles. The van der Waals surface area contributed by atoms with Gasteiger partial charge in [-0.25, -0.2) is 26.0 Å². The maximum Gasteiger partial charge on any atom is 0.407 e. The first kappa shape index (κ1) is 22.1. The van der Waals surface area contributed by atoms with Crippen molar-refractivity contribution in [3.8, 4) is 0 Å². The Balaban J connectivity index is 1.75. The summed E-state index contributed by atoms with van der Waals surface area (Å²) in [6.45, 7) is 2.51. The second-order valence-corrected chi connectivity index (χ2v) is 9.70. The number of hydrogen-bond acceptors (Lipinski definition) is 4. The molecule has 0 spiro atoms. The fourth-order valence-corrected chi connectivity index (χ4v) is 5.40. The van der Waals surface area contributed by atoms with Crippen molar-refractivity contribution in [3.05, 3.63) is 59.8 Å². The Morgan fingerprint density at radius 3 is 2.38 bits per heavy atom. The second kappa shape index (κ2) is 8.42. The van der Waals surface area contributed by atoms with Crippen LogP contribution in [0.4, 0.5) is 19.3 Å². The lowest BCUT2D eigenvalue weighted by Gasteiger charge is -2.31. The number of anilines is 1. The quantitative estimate of drug-likeness (QED) is 0.573. The van der Waals surface area contributed by atoms with E-state index in [0.717, 1.165) is 15.7 Å². The number of aryl methyl sites for hydroxylation is 1. The van der Waals surface area contributed by atoms with Gasteiger partial charge in [-0.3, -0.25) is 0 Å². The third-order valence-corrected chi connectivity index (χ3v) is 7.45. The summed E-state index contributed by atoms with van der Waals surface area (Å²) in [5.74, 6) is 0. The van der Waals surface area contributed by atoms with Crippen molar-refractivity contribution in [1.82, 2.24) is 8.87 Å². The van der Waals surface area contributed by atoms with Crippen LogP contribution in [0.3, 0.4) is 0 Å². The zero-order valence-electron chi connectivity index (χ0n) is 17.3. The zero-order valence-corrected chi connectivity index (χ0v) is 18.1. The normalized spacial score (nSPS) is 15.4. The van der Waals surface area contributed by atoms with E-state index in [4.69, 9.17) is 5.11 Å². The molecule has 4 rings (SSSR count). The summed E-state index contributed by atoms with van der Waals surface area (Å²) >= 11 is 0. The van der Waals surface area contributed by atoms with Gasteiger partial charge in [-0.1, -0.05) is 23.8 Å². The number of aromatic nitrogens is 1. The van der Waals surface area contributed by atoms with Crippen LogP contribution in [0.5, 0.6) is 0 Å². The zero-order chi connectivity index (χ0) is 23.0. The lowest BCUT2D eigenvalue weighted by Crippen LogP contribution is -2.41. The van der Waals surface area contributed by atoms with Crippen LogP contribution in [0.25, 0.3) is 10.9 Å². The Morgan fingerprint density at radius 2 is 1.78 bits per heavy atom. The first-order valence-corrected chi connectivity index (χ1v) is 11.6. The predicted octanol–water partition coefficient (Wildman–Crippen LogP) is 4.68. The number of rotatable bonds is 5. The average Bonchev–Trinajstić information content (AvgIpc) is 3.16. The highest BCUT2D eigenvalue weighted by atomic mass is 32.2. The standard InChI is InChI=1S/C22H23F2N3O4S/c1-14-5-7-16(8-6-14)32(30,31)27-13-17(21(23)24)20-18(3-2-4-19(20)27)25-15-9-11-26(12-10-15)22(28)29/h2-8,13,15,21,25H,9-12H2,1H3,(H,28,29). The molecule has 7 nitrogen and oxygen atoms in total. The molecule has 1 fully saturated rings. The Morgan fingerprint density at radius 1 is 1.12 bits per heavy atom. The van der Waals surface area contributed by atoms with Gasteiger partial charge in [0.2, 0.25) is 0 Å². The van der Waals surface area contributed by atoms with E-state index in [9.17, 15) is 22.0 Å². The van der Waals surface area contributed by atoms with E-state index in [1.54, 1.807) is 24.3 Å². The highest BCUT2D eigenvalue weighted by molar-refractivity contribution is 7.90. The molecule has 2 heterocycles. The van der Waals surface area contributed by atoms with E-state index < -0.39 is 22.5 Å². The molecule has 32 heavy (non-hydrogen) atoms. The first-order chi connectivity index (χ1) is 15.2. The molecular weight excluding hydrogens is 440 g/mol. The van der Waals surface area contributed by atoms with Crippen LogP contribution in [-0.4, -0.2) is 47.6 Å². The molecule has 0 bridgehead atoms. The molecule has 0 unspecified atom stereocenters. The molecule has 1 aliphatic rings. The van der Waals surface area contributed by atoms with Gasteiger partial charge in [0, 0.05) is 42.0 Å². The van der Waals surface area contributed by atoms with Gasteiger partial charge in [0.25, 0.3) is 16.4 Å². The molecule has 3 aromatic rings. The maximum absolute atomic E-state index is 13.9. The van der Waals surface area contributed by atoms with Gasteiger partial charge in [-0.2, -0.15) is 0 Å². The van der Waals surface area contributed by atoms with E-state index in [0.29, 0.717) is 31.6 Å². The smallest absolute Gasteiger partial charge is 0.407 e. The third kappa shape index (κ3) is 4.02. The lowest BCUT2D eigenvalue weighted by molar-refractivity contribution is 0.133. The largest absolute Gasteiger partial charge is 0.465 e. The number of halogens is 2. The van der Waals surface area contributed by atoms with Crippen molar-refractivity contribution in [2.75, 3.05) is 18.4 Å². The number of amides is 1. The Kier molecular flexibility index (Phi) is 5.81. The van der Waals surface area contributed by atoms with Crippen LogP contribution in [0.2, 0.25) is 0 Å². The number of nitrogens with one attached hydrogen (secondary N) is 1. The van der Waals surface area contributed by atoms with E-state index in [1.807, 2.05) is 6.92 Å². The van der Waals surface area contributed by atoms with Crippen LogP contribution in [-0.2, 0) is 10.0 Å². The molecule has 1 aliphatic heterocycles. The van der Waals surface area contributed by atoms with Crippen LogP contribution in [0, 0.1) is 6.92 Å². The highest BCUT2D eigenvalue weighted by Gasteiger charge is 2.27. The van der Waals surface area contributed by atoms with Crippen molar-refractivity contribution in [3.63, 3.8) is 0 Å². The summed E-state index contributed by atoms with van der Waals surface area (Å²) in [6, 6.07) is 10.9. The van der Waals surface area contributed by atoms with Gasteiger partial charge in [0.1, 0.15) is 0 Å². The molecule has 2 N–H and O–H groups in total. The number of fused-ring (bicyclic) bond motifs is 1. The van der Waals surface area contributed by atoms with Crippen molar-refractivity contribution < 1.29 is 27.1 Å². The summed E-state index contributed by atoms with van der Waals surface area (Å²) in [7, 11) is -4.08. The van der Waals surface area contributed by atoms with Crippen molar-refractivity contribution >= 4 is 32.7 Å². The third-order valence-electron chi connectivity index (χ3n) is 5.76. The van der Waals surface area contributed by atoms with Crippen LogP contribution >= 0.6 is 0 Å². The number of likely N-dealkylation sites (tertiary alicyclic amines) is 1. The lowest BCUT2D eigenvalue weighted by atomic mass is 10.0. The van der Waals surface area contributed by atoms with E-state index in [2.05, 4.69) is 5.32 Å². The van der Waals surface area contributed by atoms with Crippen LogP contribution in [0.1, 0.15) is 30.4 Å². The van der Waals surface area contributed by atoms with Crippen LogP contribution in [0.15, 0.2) is 53.6 Å². The number of alkyl halides is 2. The monoisotopic (exact) mass is 463 g/mol. The molecule has 170 valence electrons. The fourth-order valence-electron chi connectivity index (χ4n) is 4.03. The number of piperidine rings is 1. The first-order valence-electron chi connectivity index (χ1n) is 10.2. The minimum atomic E-state index is -4.08. The number of benzene rings is 2. The van der Waals surface area contributed by atoms with E-state index in [-0.39, 0.29) is 27.4 Å². The maximum atomic E-state index is 13.9. The molecule has 0 saturated carbocycles. The van der Waals surface area contributed by atoms with Gasteiger partial charge in [-0.15, -0.1) is 0 Å². The van der Waals surface area contributed by atoms with Gasteiger partial charge >= 0.3 is 6.09 Å². The number of nitrogens with zero attached hydrogens (tertiary/aromatic N) is 2. The van der Waals surface area contributed by atoms with Gasteiger partial charge < -0.3 is 15.3 Å². The van der Waals surface area contributed by atoms with Crippen molar-refractivity contribution in [1.29, 1.82) is 0 Å². The topological polar surface area (TPSA) is 91.6 Å². The van der Waals surface area contributed by atoms with Gasteiger partial charge in [0.05, 0.1) is 10.4 Å². The molecular formula is C22H23F2N3O4S. The Labute approximate surface area is 184 Å². The van der Waals surface area contributed by atoms with E-state index >= 15 is 0 Å². The second-order valence-electron chi connectivity index (χ2n) is 7.89. The molecule has 1 aromatic heterocycles. The minimum absolute atomic E-state index is 0.0141. The summed E-state index contributed by atoms with van der Waals surface area (Å²) < 4.78 is 55.3. The SMILES string of the molecule is Cc1ccc(S(=O)(=O)n2cc(C(F)F)c3c(NC4CCN(C(=O)O)CC4)cccc32)cc1. The molecule has 1 amide bonds. The van der Waals surface area contributed by atoms with Gasteiger partial charge in [-0.05, 0) is 44.0 Å². The summed E-state index contributed by atoms with van der Waals surface area (Å²) in [4.78, 5) is 12.4. The molecule has 2 aromatic carbocycles. The van der Waals surface area contributed by atoms with Gasteiger partial charge in [0.15, 0.2) is 0 Å². The van der Waals surface area contributed by atoms with Crippen molar-refractivity contribution in [2.45, 2.75) is 37.1 Å². The van der Waals surface area contributed by atoms with Crippen LogP contribution < -0.4 is 5.32 Å². The number of carboxylic acid groups (broad SMARTS) is 1. The minimum Gasteiger partial charge on any atom is -0.465 e. The molecule has 10 heteroatoms. The summed E-state index contributed by atoms with van der Waals surface area (Å²) in [6.07, 6.45) is -1.82. The molecule has 0 radical (unpaired) electrons. The highest BCUT2D eigenvalue weighted by Crippen LogP contribution is 2.37. The Hall–Kier alpha value is -3.14. The molecule has 1 saturated heterocycles. The number of carbonyl (C=O) groups is 1. The fraction of sp³-hybridized carbons (Fsp3) is 0.318. The molecule has 0 atom stereocenters. The average molecular weight is 464 g/mol.